The van der Waals surface area contributed by atoms with Gasteiger partial charge in [0.25, 0.3) is 0 Å². The van der Waals surface area contributed by atoms with Gasteiger partial charge in [0, 0.05) is 43.7 Å². The minimum Gasteiger partial charge on any atom is -0.325 e. The molecule has 1 spiro atoms. The highest BCUT2D eigenvalue weighted by atomic mass is 16.2. The summed E-state index contributed by atoms with van der Waals surface area (Å²) in [5, 5.41) is 0. The molecule has 110 valence electrons. The highest BCUT2D eigenvalue weighted by Gasteiger charge is 2.55. The van der Waals surface area contributed by atoms with Gasteiger partial charge in [-0.3, -0.25) is 0 Å². The van der Waals surface area contributed by atoms with E-state index in [1.807, 2.05) is 16.8 Å². The zero-order valence-corrected chi connectivity index (χ0v) is 13.3. The zero-order chi connectivity index (χ0) is 14.4. The smallest absolute Gasteiger partial charge is 0.320 e. The standard InChI is InChI=1S/C15H29N3O/c1-11(2)16(5)13-7-15(8-13)9-18(10-15)14(19)17(6)12(3)4/h11-13H,7-10H2,1-6H3. The summed E-state index contributed by atoms with van der Waals surface area (Å²) >= 11 is 0. The summed E-state index contributed by atoms with van der Waals surface area (Å²) in [6.45, 7) is 10.5. The molecule has 1 saturated carbocycles. The SMILES string of the molecule is CC(C)N(C)C(=O)N1CC2(CC(N(C)C(C)C)C2)C1. The summed E-state index contributed by atoms with van der Waals surface area (Å²) in [7, 11) is 4.12. The van der Waals surface area contributed by atoms with Gasteiger partial charge in [-0.25, -0.2) is 4.79 Å². The molecule has 0 radical (unpaired) electrons. The van der Waals surface area contributed by atoms with Gasteiger partial charge < -0.3 is 14.7 Å². The summed E-state index contributed by atoms with van der Waals surface area (Å²) in [6.07, 6.45) is 2.52. The predicted molar refractivity (Wildman–Crippen MR) is 78.2 cm³/mol. The third-order valence-electron chi connectivity index (χ3n) is 5.13. The molecule has 2 amide bonds. The van der Waals surface area contributed by atoms with Crippen LogP contribution in [0, 0.1) is 5.41 Å². The van der Waals surface area contributed by atoms with E-state index in [0.29, 0.717) is 11.5 Å². The second-order valence-corrected chi connectivity index (χ2v) is 7.16. The largest absolute Gasteiger partial charge is 0.325 e. The lowest BCUT2D eigenvalue weighted by Gasteiger charge is -2.61. The fourth-order valence-corrected chi connectivity index (χ4v) is 3.25. The van der Waals surface area contributed by atoms with Gasteiger partial charge in [-0.1, -0.05) is 0 Å². The van der Waals surface area contributed by atoms with Gasteiger partial charge in [-0.05, 0) is 47.6 Å². The lowest BCUT2D eigenvalue weighted by Crippen LogP contribution is -2.69. The monoisotopic (exact) mass is 267 g/mol. The molecule has 1 heterocycles. The number of rotatable bonds is 3. The maximum absolute atomic E-state index is 12.2. The van der Waals surface area contributed by atoms with E-state index in [-0.39, 0.29) is 12.1 Å². The van der Waals surface area contributed by atoms with Crippen LogP contribution in [0.4, 0.5) is 4.79 Å². The van der Waals surface area contributed by atoms with Crippen molar-refractivity contribution in [1.82, 2.24) is 14.7 Å². The van der Waals surface area contributed by atoms with Gasteiger partial charge in [0.15, 0.2) is 0 Å². The lowest BCUT2D eigenvalue weighted by molar-refractivity contribution is -0.0937. The Hall–Kier alpha value is -0.770. The molecule has 0 aromatic heterocycles. The molecule has 2 rings (SSSR count). The number of urea groups is 1. The molecule has 0 atom stereocenters. The molecule has 0 unspecified atom stereocenters. The van der Waals surface area contributed by atoms with E-state index < -0.39 is 0 Å². The molecule has 0 N–H and O–H groups in total. The maximum Gasteiger partial charge on any atom is 0.320 e. The van der Waals surface area contributed by atoms with E-state index in [4.69, 9.17) is 0 Å². The fraction of sp³-hybridized carbons (Fsp3) is 0.933. The van der Waals surface area contributed by atoms with Crippen LogP contribution in [0.1, 0.15) is 40.5 Å². The van der Waals surface area contributed by atoms with Gasteiger partial charge in [-0.2, -0.15) is 0 Å². The number of hydrogen-bond donors (Lipinski definition) is 0. The van der Waals surface area contributed by atoms with E-state index in [0.717, 1.165) is 19.1 Å². The van der Waals surface area contributed by atoms with Crippen LogP contribution in [0.3, 0.4) is 0 Å². The first-order valence-electron chi connectivity index (χ1n) is 7.49. The molecular weight excluding hydrogens is 238 g/mol. The Kier molecular flexibility index (Phi) is 3.83. The van der Waals surface area contributed by atoms with E-state index in [9.17, 15) is 4.79 Å². The number of carbonyl (C=O) groups is 1. The van der Waals surface area contributed by atoms with Crippen molar-refractivity contribution in [3.05, 3.63) is 0 Å². The Labute approximate surface area is 117 Å². The second kappa shape index (κ2) is 4.97. The number of nitrogens with zero attached hydrogens (tertiary/aromatic N) is 3. The molecule has 0 bridgehead atoms. The minimum absolute atomic E-state index is 0.196. The third-order valence-corrected chi connectivity index (χ3v) is 5.13. The van der Waals surface area contributed by atoms with Gasteiger partial charge in [-0.15, -0.1) is 0 Å². The van der Waals surface area contributed by atoms with Gasteiger partial charge >= 0.3 is 6.03 Å². The fourth-order valence-electron chi connectivity index (χ4n) is 3.25. The molecule has 0 aromatic carbocycles. The molecule has 19 heavy (non-hydrogen) atoms. The van der Waals surface area contributed by atoms with Crippen LogP contribution in [-0.2, 0) is 0 Å². The number of amides is 2. The molecule has 1 saturated heterocycles. The average molecular weight is 267 g/mol. The van der Waals surface area contributed by atoms with Crippen molar-refractivity contribution in [2.24, 2.45) is 5.41 Å². The Morgan fingerprint density at radius 3 is 2.05 bits per heavy atom. The average Bonchev–Trinajstić information content (AvgIpc) is 2.23. The zero-order valence-electron chi connectivity index (χ0n) is 13.3. The van der Waals surface area contributed by atoms with Crippen molar-refractivity contribution in [2.75, 3.05) is 27.2 Å². The highest BCUT2D eigenvalue weighted by Crippen LogP contribution is 2.50. The first-order valence-corrected chi connectivity index (χ1v) is 7.49. The highest BCUT2D eigenvalue weighted by molar-refractivity contribution is 5.75. The van der Waals surface area contributed by atoms with E-state index in [2.05, 4.69) is 39.6 Å². The first-order chi connectivity index (χ1) is 8.76. The van der Waals surface area contributed by atoms with Crippen LogP contribution in [0.15, 0.2) is 0 Å². The van der Waals surface area contributed by atoms with Crippen LogP contribution in [0.5, 0.6) is 0 Å². The van der Waals surface area contributed by atoms with Crippen LogP contribution in [0.25, 0.3) is 0 Å². The molecule has 2 aliphatic rings. The Morgan fingerprint density at radius 1 is 1.11 bits per heavy atom. The molecule has 1 aliphatic carbocycles. The van der Waals surface area contributed by atoms with Crippen molar-refractivity contribution < 1.29 is 4.79 Å². The first kappa shape index (κ1) is 14.6. The Morgan fingerprint density at radius 2 is 1.63 bits per heavy atom. The lowest BCUT2D eigenvalue weighted by atomic mass is 9.60. The van der Waals surface area contributed by atoms with Crippen molar-refractivity contribution in [3.63, 3.8) is 0 Å². The van der Waals surface area contributed by atoms with E-state index in [1.165, 1.54) is 12.8 Å². The normalized spacial score (nSPS) is 22.1. The molecule has 1 aliphatic heterocycles. The summed E-state index contributed by atoms with van der Waals surface area (Å²) in [5.74, 6) is 0. The minimum atomic E-state index is 0.196. The molecule has 0 aromatic rings. The molecule has 2 fully saturated rings. The molecule has 4 heteroatoms. The second-order valence-electron chi connectivity index (χ2n) is 7.16. The van der Waals surface area contributed by atoms with Crippen LogP contribution in [-0.4, -0.2) is 66.0 Å². The van der Waals surface area contributed by atoms with Crippen LogP contribution >= 0.6 is 0 Å². The van der Waals surface area contributed by atoms with Gasteiger partial charge in [0.1, 0.15) is 0 Å². The van der Waals surface area contributed by atoms with Crippen molar-refractivity contribution in [2.45, 2.75) is 58.7 Å². The Bertz CT molecular complexity index is 339. The number of hydrogen-bond acceptors (Lipinski definition) is 2. The van der Waals surface area contributed by atoms with E-state index >= 15 is 0 Å². The quantitative estimate of drug-likeness (QED) is 0.784. The van der Waals surface area contributed by atoms with Crippen molar-refractivity contribution >= 4 is 6.03 Å². The summed E-state index contributed by atoms with van der Waals surface area (Å²) in [6, 6.07) is 1.82. The van der Waals surface area contributed by atoms with E-state index in [1.54, 1.807) is 0 Å². The van der Waals surface area contributed by atoms with Gasteiger partial charge in [0.2, 0.25) is 0 Å². The number of likely N-dealkylation sites (tertiary alicyclic amines) is 1. The summed E-state index contributed by atoms with van der Waals surface area (Å²) in [5.41, 5.74) is 0.446. The Balaban J connectivity index is 1.78. The summed E-state index contributed by atoms with van der Waals surface area (Å²) in [4.78, 5) is 18.5. The summed E-state index contributed by atoms with van der Waals surface area (Å²) < 4.78 is 0. The van der Waals surface area contributed by atoms with Gasteiger partial charge in [0.05, 0.1) is 0 Å². The topological polar surface area (TPSA) is 26.8 Å². The van der Waals surface area contributed by atoms with Crippen LogP contribution in [0.2, 0.25) is 0 Å². The maximum atomic E-state index is 12.2. The van der Waals surface area contributed by atoms with Crippen molar-refractivity contribution in [1.29, 1.82) is 0 Å². The van der Waals surface area contributed by atoms with Crippen LogP contribution < -0.4 is 0 Å². The van der Waals surface area contributed by atoms with Crippen molar-refractivity contribution in [3.8, 4) is 0 Å². The molecule has 4 nitrogen and oxygen atoms in total. The molecular formula is C15H29N3O. The number of carbonyl (C=O) groups excluding carboxylic acids is 1. The third kappa shape index (κ3) is 2.60. The predicted octanol–water partition coefficient (Wildman–Crippen LogP) is 2.25.